The van der Waals surface area contributed by atoms with Crippen LogP contribution < -0.4 is 9.62 Å². The number of aryl methyl sites for hydroxylation is 1. The molecule has 1 fully saturated rings. The molecule has 3 rings (SSSR count). The van der Waals surface area contributed by atoms with Gasteiger partial charge in [0.2, 0.25) is 10.0 Å². The van der Waals surface area contributed by atoms with Gasteiger partial charge in [-0.1, -0.05) is 17.7 Å². The van der Waals surface area contributed by atoms with Gasteiger partial charge in [0.25, 0.3) is 5.91 Å². The van der Waals surface area contributed by atoms with Gasteiger partial charge < -0.3 is 5.32 Å². The van der Waals surface area contributed by atoms with Crippen molar-refractivity contribution < 1.29 is 13.2 Å². The number of hydrogen-bond donors (Lipinski definition) is 1. The fourth-order valence-electron chi connectivity index (χ4n) is 2.67. The van der Waals surface area contributed by atoms with Crippen LogP contribution in [0.2, 0.25) is 5.02 Å². The summed E-state index contributed by atoms with van der Waals surface area (Å²) in [6, 6.07) is 11.8. The van der Waals surface area contributed by atoms with Crippen LogP contribution in [0.15, 0.2) is 42.5 Å². The first-order chi connectivity index (χ1) is 11.4. The summed E-state index contributed by atoms with van der Waals surface area (Å²) in [5.41, 5.74) is 2.50. The molecule has 7 heteroatoms. The van der Waals surface area contributed by atoms with Crippen LogP contribution in [0, 0.1) is 6.92 Å². The Labute approximate surface area is 146 Å². The van der Waals surface area contributed by atoms with E-state index in [1.807, 2.05) is 6.92 Å². The summed E-state index contributed by atoms with van der Waals surface area (Å²) < 4.78 is 25.7. The molecular formula is C17H17ClN2O3S. The Balaban J connectivity index is 1.86. The summed E-state index contributed by atoms with van der Waals surface area (Å²) in [4.78, 5) is 12.3. The van der Waals surface area contributed by atoms with Gasteiger partial charge in [-0.3, -0.25) is 9.10 Å². The van der Waals surface area contributed by atoms with Crippen molar-refractivity contribution in [2.45, 2.75) is 13.3 Å². The lowest BCUT2D eigenvalue weighted by molar-refractivity contribution is 0.102. The Bertz CT molecular complexity index is 879. The van der Waals surface area contributed by atoms with Gasteiger partial charge in [-0.15, -0.1) is 0 Å². The molecule has 0 aliphatic carbocycles. The van der Waals surface area contributed by atoms with Gasteiger partial charge in [0.05, 0.1) is 11.4 Å². The summed E-state index contributed by atoms with van der Waals surface area (Å²) in [5.74, 6) is -0.112. The lowest BCUT2D eigenvalue weighted by atomic mass is 10.1. The Morgan fingerprint density at radius 2 is 1.88 bits per heavy atom. The maximum absolute atomic E-state index is 12.3. The zero-order chi connectivity index (χ0) is 17.3. The Morgan fingerprint density at radius 1 is 1.17 bits per heavy atom. The molecule has 0 atom stereocenters. The summed E-state index contributed by atoms with van der Waals surface area (Å²) in [7, 11) is -3.26. The first-order valence-electron chi connectivity index (χ1n) is 7.55. The average Bonchev–Trinajstić information content (AvgIpc) is 2.89. The van der Waals surface area contributed by atoms with Gasteiger partial charge in [-0.2, -0.15) is 0 Å². The molecule has 0 aromatic heterocycles. The third-order valence-corrected chi connectivity index (χ3v) is 6.05. The zero-order valence-electron chi connectivity index (χ0n) is 13.1. The minimum absolute atomic E-state index is 0.161. The molecule has 2 aromatic rings. The summed E-state index contributed by atoms with van der Waals surface area (Å²) in [6.45, 7) is 2.33. The van der Waals surface area contributed by atoms with Crippen molar-refractivity contribution in [2.24, 2.45) is 0 Å². The first kappa shape index (κ1) is 16.8. The van der Waals surface area contributed by atoms with E-state index in [0.29, 0.717) is 34.9 Å². The van der Waals surface area contributed by atoms with Crippen molar-refractivity contribution in [1.82, 2.24) is 0 Å². The molecule has 0 unspecified atom stereocenters. The SMILES string of the molecule is Cc1ccc(NC(=O)c2ccc(Cl)cc2)cc1N1CCCS1(=O)=O. The smallest absolute Gasteiger partial charge is 0.255 e. The van der Waals surface area contributed by atoms with Crippen LogP contribution in [0.3, 0.4) is 0 Å². The molecule has 1 N–H and O–H groups in total. The quantitative estimate of drug-likeness (QED) is 0.907. The number of hydrogen-bond acceptors (Lipinski definition) is 3. The van der Waals surface area contributed by atoms with Gasteiger partial charge in [0.1, 0.15) is 0 Å². The van der Waals surface area contributed by atoms with Crippen LogP contribution in [0.25, 0.3) is 0 Å². The monoisotopic (exact) mass is 364 g/mol. The Hall–Kier alpha value is -2.05. The topological polar surface area (TPSA) is 66.5 Å². The third kappa shape index (κ3) is 3.39. The van der Waals surface area contributed by atoms with E-state index in [1.165, 1.54) is 4.31 Å². The zero-order valence-corrected chi connectivity index (χ0v) is 14.7. The van der Waals surface area contributed by atoms with Gasteiger partial charge in [-0.25, -0.2) is 8.42 Å². The van der Waals surface area contributed by atoms with Crippen molar-refractivity contribution in [3.8, 4) is 0 Å². The number of carbonyl (C=O) groups is 1. The fraction of sp³-hybridized carbons (Fsp3) is 0.235. The summed E-state index contributed by atoms with van der Waals surface area (Å²) in [6.07, 6.45) is 0.614. The van der Waals surface area contributed by atoms with E-state index in [2.05, 4.69) is 5.32 Å². The van der Waals surface area contributed by atoms with Crippen LogP contribution >= 0.6 is 11.6 Å². The van der Waals surface area contributed by atoms with Gasteiger partial charge in [-0.05, 0) is 55.3 Å². The second-order valence-corrected chi connectivity index (χ2v) is 8.15. The minimum Gasteiger partial charge on any atom is -0.322 e. The van der Waals surface area contributed by atoms with Crippen LogP contribution in [-0.2, 0) is 10.0 Å². The number of nitrogens with one attached hydrogen (secondary N) is 1. The molecule has 1 aliphatic heterocycles. The van der Waals surface area contributed by atoms with Crippen LogP contribution in [0.5, 0.6) is 0 Å². The molecule has 0 bridgehead atoms. The van der Waals surface area contributed by atoms with E-state index in [1.54, 1.807) is 42.5 Å². The van der Waals surface area contributed by atoms with E-state index in [4.69, 9.17) is 11.6 Å². The number of sulfonamides is 1. The van der Waals surface area contributed by atoms with E-state index >= 15 is 0 Å². The van der Waals surface area contributed by atoms with Crippen molar-refractivity contribution in [1.29, 1.82) is 0 Å². The molecule has 1 amide bonds. The number of carbonyl (C=O) groups excluding carboxylic acids is 1. The highest BCUT2D eigenvalue weighted by atomic mass is 35.5. The lowest BCUT2D eigenvalue weighted by Crippen LogP contribution is -2.26. The lowest BCUT2D eigenvalue weighted by Gasteiger charge is -2.20. The maximum atomic E-state index is 12.3. The predicted octanol–water partition coefficient (Wildman–Crippen LogP) is 3.44. The number of nitrogens with zero attached hydrogens (tertiary/aromatic N) is 1. The van der Waals surface area contributed by atoms with Crippen molar-refractivity contribution >= 4 is 38.9 Å². The van der Waals surface area contributed by atoms with Crippen LogP contribution in [-0.4, -0.2) is 26.6 Å². The van der Waals surface area contributed by atoms with E-state index in [0.717, 1.165) is 5.56 Å². The molecule has 1 heterocycles. The van der Waals surface area contributed by atoms with E-state index < -0.39 is 10.0 Å². The van der Waals surface area contributed by atoms with E-state index in [9.17, 15) is 13.2 Å². The van der Waals surface area contributed by atoms with Crippen molar-refractivity contribution in [3.63, 3.8) is 0 Å². The molecule has 24 heavy (non-hydrogen) atoms. The number of rotatable bonds is 3. The maximum Gasteiger partial charge on any atom is 0.255 e. The summed E-state index contributed by atoms with van der Waals surface area (Å²) >= 11 is 5.82. The van der Waals surface area contributed by atoms with Gasteiger partial charge in [0.15, 0.2) is 0 Å². The normalized spacial score (nSPS) is 16.2. The van der Waals surface area contributed by atoms with Crippen molar-refractivity contribution in [2.75, 3.05) is 21.9 Å². The largest absolute Gasteiger partial charge is 0.322 e. The summed E-state index contributed by atoms with van der Waals surface area (Å²) in [5, 5.41) is 3.35. The van der Waals surface area contributed by atoms with Crippen molar-refractivity contribution in [3.05, 3.63) is 58.6 Å². The molecule has 126 valence electrons. The van der Waals surface area contributed by atoms with Gasteiger partial charge >= 0.3 is 0 Å². The molecule has 0 saturated carbocycles. The second kappa shape index (κ2) is 6.45. The minimum atomic E-state index is -3.26. The number of halogens is 1. The number of benzene rings is 2. The molecule has 0 radical (unpaired) electrons. The van der Waals surface area contributed by atoms with Crippen LogP contribution in [0.1, 0.15) is 22.3 Å². The third-order valence-electron chi connectivity index (χ3n) is 3.94. The highest BCUT2D eigenvalue weighted by Gasteiger charge is 2.29. The average molecular weight is 365 g/mol. The molecule has 0 spiro atoms. The molecule has 1 aliphatic rings. The molecular weight excluding hydrogens is 348 g/mol. The predicted molar refractivity (Wildman–Crippen MR) is 96.3 cm³/mol. The van der Waals surface area contributed by atoms with Crippen LogP contribution in [0.4, 0.5) is 11.4 Å². The second-order valence-electron chi connectivity index (χ2n) is 5.70. The van der Waals surface area contributed by atoms with Gasteiger partial charge in [0, 0.05) is 22.8 Å². The fourth-order valence-corrected chi connectivity index (χ4v) is 4.41. The molecule has 2 aromatic carbocycles. The van der Waals surface area contributed by atoms with E-state index in [-0.39, 0.29) is 11.7 Å². The molecule has 5 nitrogen and oxygen atoms in total. The highest BCUT2D eigenvalue weighted by molar-refractivity contribution is 7.93. The Kier molecular flexibility index (Phi) is 4.51. The molecule has 1 saturated heterocycles. The first-order valence-corrected chi connectivity index (χ1v) is 9.53. The number of anilines is 2. The highest BCUT2D eigenvalue weighted by Crippen LogP contribution is 2.30. The Morgan fingerprint density at radius 3 is 2.50 bits per heavy atom. The number of amides is 1. The standard InChI is InChI=1S/C17H17ClN2O3S/c1-12-3-8-15(11-16(12)20-9-2-10-24(20,22)23)19-17(21)13-4-6-14(18)7-5-13/h3-8,11H,2,9-10H2,1H3,(H,19,21).